The van der Waals surface area contributed by atoms with Gasteiger partial charge in [-0.05, 0) is 66.3 Å². The van der Waals surface area contributed by atoms with E-state index in [1.54, 1.807) is 0 Å². The van der Waals surface area contributed by atoms with E-state index in [9.17, 15) is 4.79 Å². The molecular formula is C21H31N5O2. The summed E-state index contributed by atoms with van der Waals surface area (Å²) >= 11 is 0. The van der Waals surface area contributed by atoms with Crippen LogP contribution >= 0.6 is 0 Å². The van der Waals surface area contributed by atoms with Gasteiger partial charge in [0.1, 0.15) is 5.75 Å². The fraction of sp³-hybridized carbons (Fsp3) is 0.619. The van der Waals surface area contributed by atoms with Crippen LogP contribution in [0.25, 0.3) is 0 Å². The first-order valence-corrected chi connectivity index (χ1v) is 10.5. The number of aryl methyl sites for hydroxylation is 2. The predicted octanol–water partition coefficient (Wildman–Crippen LogP) is 4.10. The number of rotatable bonds is 11. The lowest BCUT2D eigenvalue weighted by Gasteiger charge is -2.22. The van der Waals surface area contributed by atoms with Gasteiger partial charge in [0.2, 0.25) is 6.41 Å². The Balaban J connectivity index is 1.44. The number of unbranched alkanes of at least 4 members (excludes halogenated alkanes) is 1. The average Bonchev–Trinajstić information content (AvgIpc) is 3.19. The van der Waals surface area contributed by atoms with Crippen molar-refractivity contribution in [2.24, 2.45) is 0 Å². The fourth-order valence-corrected chi connectivity index (χ4v) is 3.90. The molecule has 3 rings (SSSR count). The van der Waals surface area contributed by atoms with Crippen LogP contribution in [-0.4, -0.2) is 33.2 Å². The summed E-state index contributed by atoms with van der Waals surface area (Å²) in [5, 5.41) is 15.1. The van der Waals surface area contributed by atoms with Gasteiger partial charge in [-0.1, -0.05) is 32.6 Å². The normalized spacial score (nSPS) is 14.8. The molecule has 1 N–H and O–H groups in total. The number of tetrazole rings is 1. The number of aromatic nitrogens is 4. The summed E-state index contributed by atoms with van der Waals surface area (Å²) < 4.78 is 7.97. The third kappa shape index (κ3) is 5.53. The van der Waals surface area contributed by atoms with Gasteiger partial charge in [-0.2, -0.15) is 0 Å². The van der Waals surface area contributed by atoms with Crippen molar-refractivity contribution in [1.82, 2.24) is 20.2 Å². The van der Waals surface area contributed by atoms with Crippen molar-refractivity contribution in [3.05, 3.63) is 29.6 Å². The fourth-order valence-electron chi connectivity index (χ4n) is 3.90. The van der Waals surface area contributed by atoms with Crippen molar-refractivity contribution >= 4 is 12.1 Å². The monoisotopic (exact) mass is 385 g/mol. The number of amides is 1. The van der Waals surface area contributed by atoms with Crippen LogP contribution < -0.4 is 10.1 Å². The molecular weight excluding hydrogens is 354 g/mol. The quantitative estimate of drug-likeness (QED) is 0.465. The lowest BCUT2D eigenvalue weighted by atomic mass is 9.95. The maximum absolute atomic E-state index is 10.7. The van der Waals surface area contributed by atoms with Crippen LogP contribution in [0, 0.1) is 0 Å². The molecule has 7 heteroatoms. The second-order valence-corrected chi connectivity index (χ2v) is 7.47. The molecule has 152 valence electrons. The Kier molecular flexibility index (Phi) is 7.82. The van der Waals surface area contributed by atoms with Gasteiger partial charge in [-0.3, -0.25) is 4.79 Å². The number of anilines is 1. The van der Waals surface area contributed by atoms with Crippen molar-refractivity contribution in [3.8, 4) is 5.75 Å². The lowest BCUT2D eigenvalue weighted by molar-refractivity contribution is -0.105. The standard InChI is InChI=1S/C21H31N5O2/c1-2-8-17-15-19(12-13-20(17)22-16-27)28-14-7-6-11-21-23-24-25-26(21)18-9-4-3-5-10-18/h12-13,15-16,18H,2-11,14H2,1H3,(H,22,27). The zero-order valence-electron chi connectivity index (χ0n) is 16.8. The highest BCUT2D eigenvalue weighted by molar-refractivity contribution is 5.73. The van der Waals surface area contributed by atoms with Crippen molar-refractivity contribution < 1.29 is 9.53 Å². The highest BCUT2D eigenvalue weighted by Crippen LogP contribution is 2.28. The minimum absolute atomic E-state index is 0.477. The van der Waals surface area contributed by atoms with E-state index in [1.807, 2.05) is 18.2 Å². The van der Waals surface area contributed by atoms with E-state index in [0.717, 1.165) is 61.3 Å². The van der Waals surface area contributed by atoms with Crippen LogP contribution in [0.5, 0.6) is 5.75 Å². The molecule has 7 nitrogen and oxygen atoms in total. The topological polar surface area (TPSA) is 81.9 Å². The number of hydrogen-bond acceptors (Lipinski definition) is 5. The summed E-state index contributed by atoms with van der Waals surface area (Å²) in [6, 6.07) is 6.33. The number of hydrogen-bond donors (Lipinski definition) is 1. The highest BCUT2D eigenvalue weighted by Gasteiger charge is 2.19. The molecule has 1 saturated carbocycles. The van der Waals surface area contributed by atoms with E-state index in [0.29, 0.717) is 12.6 Å². The maximum atomic E-state index is 10.7. The Morgan fingerprint density at radius 1 is 1.21 bits per heavy atom. The van der Waals surface area contributed by atoms with Crippen LogP contribution in [0.1, 0.15) is 75.7 Å². The molecule has 1 amide bonds. The minimum Gasteiger partial charge on any atom is -0.494 e. The Hall–Kier alpha value is -2.44. The van der Waals surface area contributed by atoms with Crippen molar-refractivity contribution in [2.75, 3.05) is 11.9 Å². The van der Waals surface area contributed by atoms with Crippen LogP contribution in [-0.2, 0) is 17.6 Å². The number of ether oxygens (including phenoxy) is 1. The summed E-state index contributed by atoms with van der Waals surface area (Å²) in [6.45, 7) is 2.79. The van der Waals surface area contributed by atoms with Crippen LogP contribution in [0.2, 0.25) is 0 Å². The molecule has 0 aliphatic heterocycles. The van der Waals surface area contributed by atoms with Gasteiger partial charge in [0, 0.05) is 12.1 Å². The Labute approximate surface area is 166 Å². The van der Waals surface area contributed by atoms with Gasteiger partial charge in [-0.15, -0.1) is 5.10 Å². The molecule has 0 spiro atoms. The molecule has 0 bridgehead atoms. The van der Waals surface area contributed by atoms with E-state index >= 15 is 0 Å². The third-order valence-corrected chi connectivity index (χ3v) is 5.36. The van der Waals surface area contributed by atoms with Gasteiger partial charge < -0.3 is 10.1 Å². The number of carbonyl (C=O) groups excluding carboxylic acids is 1. The molecule has 2 aromatic rings. The smallest absolute Gasteiger partial charge is 0.211 e. The summed E-state index contributed by atoms with van der Waals surface area (Å²) in [7, 11) is 0. The van der Waals surface area contributed by atoms with Crippen LogP contribution in [0.3, 0.4) is 0 Å². The molecule has 28 heavy (non-hydrogen) atoms. The van der Waals surface area contributed by atoms with Gasteiger partial charge in [-0.25, -0.2) is 4.68 Å². The van der Waals surface area contributed by atoms with Gasteiger partial charge in [0.05, 0.1) is 12.6 Å². The summed E-state index contributed by atoms with van der Waals surface area (Å²) in [5.74, 6) is 1.85. The number of nitrogens with one attached hydrogen (secondary N) is 1. The van der Waals surface area contributed by atoms with E-state index in [2.05, 4.69) is 32.4 Å². The number of nitrogens with zero attached hydrogens (tertiary/aromatic N) is 4. The Morgan fingerprint density at radius 2 is 2.07 bits per heavy atom. The lowest BCUT2D eigenvalue weighted by Crippen LogP contribution is -2.17. The first-order valence-electron chi connectivity index (χ1n) is 10.5. The molecule has 1 heterocycles. The molecule has 0 radical (unpaired) electrons. The van der Waals surface area contributed by atoms with Crippen molar-refractivity contribution in [1.29, 1.82) is 0 Å². The Morgan fingerprint density at radius 3 is 2.86 bits per heavy atom. The second-order valence-electron chi connectivity index (χ2n) is 7.47. The summed E-state index contributed by atoms with van der Waals surface area (Å²) in [4.78, 5) is 10.7. The zero-order valence-corrected chi connectivity index (χ0v) is 16.8. The Bertz CT molecular complexity index is 740. The first-order chi connectivity index (χ1) is 13.8. The van der Waals surface area contributed by atoms with Gasteiger partial charge >= 0.3 is 0 Å². The van der Waals surface area contributed by atoms with E-state index in [-0.39, 0.29) is 0 Å². The van der Waals surface area contributed by atoms with Gasteiger partial charge in [0.15, 0.2) is 5.82 Å². The second kappa shape index (κ2) is 10.8. The molecule has 1 aliphatic rings. The predicted molar refractivity (Wildman–Crippen MR) is 108 cm³/mol. The van der Waals surface area contributed by atoms with Crippen molar-refractivity contribution in [2.45, 2.75) is 77.2 Å². The van der Waals surface area contributed by atoms with E-state index in [1.165, 1.54) is 32.1 Å². The molecule has 0 saturated heterocycles. The third-order valence-electron chi connectivity index (χ3n) is 5.36. The van der Waals surface area contributed by atoms with Crippen LogP contribution in [0.15, 0.2) is 18.2 Å². The highest BCUT2D eigenvalue weighted by atomic mass is 16.5. The van der Waals surface area contributed by atoms with E-state index < -0.39 is 0 Å². The molecule has 0 unspecified atom stereocenters. The van der Waals surface area contributed by atoms with Crippen molar-refractivity contribution in [3.63, 3.8) is 0 Å². The maximum Gasteiger partial charge on any atom is 0.211 e. The molecule has 1 aromatic heterocycles. The molecule has 0 atom stereocenters. The minimum atomic E-state index is 0.477. The van der Waals surface area contributed by atoms with Crippen LogP contribution in [0.4, 0.5) is 5.69 Å². The molecule has 1 fully saturated rings. The first kappa shape index (κ1) is 20.3. The molecule has 1 aliphatic carbocycles. The number of carbonyl (C=O) groups is 1. The van der Waals surface area contributed by atoms with E-state index in [4.69, 9.17) is 4.74 Å². The zero-order chi connectivity index (χ0) is 19.6. The number of benzene rings is 1. The SMILES string of the molecule is CCCc1cc(OCCCCc2nnnn2C2CCCCC2)ccc1NC=O. The average molecular weight is 386 g/mol. The molecule has 1 aromatic carbocycles. The largest absolute Gasteiger partial charge is 0.494 e. The summed E-state index contributed by atoms with van der Waals surface area (Å²) in [6.07, 6.45) is 11.8. The van der Waals surface area contributed by atoms with Gasteiger partial charge in [0.25, 0.3) is 0 Å². The summed E-state index contributed by atoms with van der Waals surface area (Å²) in [5.41, 5.74) is 1.97.